The van der Waals surface area contributed by atoms with E-state index in [4.69, 9.17) is 4.52 Å². The summed E-state index contributed by atoms with van der Waals surface area (Å²) in [5.74, 6) is 0.613. The van der Waals surface area contributed by atoms with Crippen molar-refractivity contribution in [2.24, 2.45) is 0 Å². The van der Waals surface area contributed by atoms with Gasteiger partial charge in [-0.1, -0.05) is 5.16 Å². The zero-order chi connectivity index (χ0) is 9.14. The van der Waals surface area contributed by atoms with Gasteiger partial charge in [-0.25, -0.2) is 0 Å². The largest absolute Gasteiger partial charge is 0.361 e. The Kier molecular flexibility index (Phi) is 2.60. The van der Waals surface area contributed by atoms with Crippen molar-refractivity contribution in [3.63, 3.8) is 0 Å². The van der Waals surface area contributed by atoms with Crippen LogP contribution in [0.3, 0.4) is 0 Å². The van der Waals surface area contributed by atoms with Gasteiger partial charge >= 0.3 is 0 Å². The molecular formula is C8H12N2O2. The molecule has 0 bridgehead atoms. The van der Waals surface area contributed by atoms with Crippen molar-refractivity contribution >= 4 is 5.78 Å². The normalized spacial score (nSPS) is 10.2. The summed E-state index contributed by atoms with van der Waals surface area (Å²) in [6.45, 7) is 3.82. The third-order valence-corrected chi connectivity index (χ3v) is 1.65. The molecule has 1 aromatic rings. The lowest BCUT2D eigenvalue weighted by atomic mass is 10.1. The summed E-state index contributed by atoms with van der Waals surface area (Å²) < 4.78 is 4.86. The lowest BCUT2D eigenvalue weighted by Crippen LogP contribution is -2.19. The molecule has 0 aromatic carbocycles. The Morgan fingerprint density at radius 3 is 2.67 bits per heavy atom. The number of hydrogen-bond donors (Lipinski definition) is 1. The number of ketones is 1. The van der Waals surface area contributed by atoms with Gasteiger partial charge < -0.3 is 9.84 Å². The first-order valence-electron chi connectivity index (χ1n) is 3.77. The van der Waals surface area contributed by atoms with Crippen LogP contribution in [-0.4, -0.2) is 24.5 Å². The van der Waals surface area contributed by atoms with Crippen LogP contribution in [0, 0.1) is 13.8 Å². The maximum absolute atomic E-state index is 11.4. The number of aryl methyl sites for hydroxylation is 2. The van der Waals surface area contributed by atoms with E-state index in [1.807, 2.05) is 0 Å². The number of Topliss-reactive ketones (excluding diaryl/α,β-unsaturated/α-hetero) is 1. The Morgan fingerprint density at radius 2 is 2.25 bits per heavy atom. The van der Waals surface area contributed by atoms with Crippen molar-refractivity contribution in [3.8, 4) is 0 Å². The molecule has 12 heavy (non-hydrogen) atoms. The van der Waals surface area contributed by atoms with E-state index in [0.717, 1.165) is 0 Å². The minimum Gasteiger partial charge on any atom is -0.361 e. The van der Waals surface area contributed by atoms with Crippen LogP contribution in [0.15, 0.2) is 4.52 Å². The molecule has 0 spiro atoms. The van der Waals surface area contributed by atoms with Gasteiger partial charge in [-0.3, -0.25) is 4.79 Å². The highest BCUT2D eigenvalue weighted by atomic mass is 16.5. The molecule has 0 saturated carbocycles. The number of carbonyl (C=O) groups excluding carboxylic acids is 1. The molecule has 4 nitrogen and oxygen atoms in total. The maximum atomic E-state index is 11.4. The minimum atomic E-state index is 0.0220. The van der Waals surface area contributed by atoms with Crippen LogP contribution in [0.4, 0.5) is 0 Å². The highest BCUT2D eigenvalue weighted by Gasteiger charge is 2.15. The first kappa shape index (κ1) is 8.93. The van der Waals surface area contributed by atoms with Gasteiger partial charge in [-0.2, -0.15) is 0 Å². The van der Waals surface area contributed by atoms with Crippen LogP contribution in [0.1, 0.15) is 21.8 Å². The van der Waals surface area contributed by atoms with Gasteiger partial charge in [0.05, 0.1) is 17.8 Å². The van der Waals surface area contributed by atoms with Gasteiger partial charge in [0.15, 0.2) is 5.78 Å². The fraction of sp³-hybridized carbons (Fsp3) is 0.500. The molecule has 0 fully saturated rings. The molecule has 0 aliphatic heterocycles. The molecule has 1 N–H and O–H groups in total. The average Bonchev–Trinajstić information content (AvgIpc) is 2.32. The van der Waals surface area contributed by atoms with Crippen LogP contribution in [0.2, 0.25) is 0 Å². The highest BCUT2D eigenvalue weighted by molar-refractivity contribution is 5.99. The van der Waals surface area contributed by atoms with Crippen LogP contribution < -0.4 is 5.32 Å². The molecule has 0 saturated heterocycles. The van der Waals surface area contributed by atoms with Gasteiger partial charge in [0, 0.05) is 0 Å². The zero-order valence-corrected chi connectivity index (χ0v) is 7.47. The molecule has 1 rings (SSSR count). The van der Waals surface area contributed by atoms with Gasteiger partial charge in [-0.05, 0) is 20.9 Å². The number of carbonyl (C=O) groups is 1. The SMILES string of the molecule is CNCC(=O)c1c(C)noc1C. The molecule has 0 unspecified atom stereocenters. The van der Waals surface area contributed by atoms with Crippen LogP contribution in [0.5, 0.6) is 0 Å². The molecule has 0 aliphatic rings. The second-order valence-corrected chi connectivity index (χ2v) is 2.65. The summed E-state index contributed by atoms with van der Waals surface area (Å²) in [6, 6.07) is 0. The van der Waals surface area contributed by atoms with Gasteiger partial charge in [-0.15, -0.1) is 0 Å². The van der Waals surface area contributed by atoms with Crippen molar-refractivity contribution in [1.29, 1.82) is 0 Å². The minimum absolute atomic E-state index is 0.0220. The summed E-state index contributed by atoms with van der Waals surface area (Å²) in [6.07, 6.45) is 0. The quantitative estimate of drug-likeness (QED) is 0.675. The van der Waals surface area contributed by atoms with Crippen LogP contribution >= 0.6 is 0 Å². The second kappa shape index (κ2) is 3.49. The Morgan fingerprint density at radius 1 is 1.58 bits per heavy atom. The number of hydrogen-bond acceptors (Lipinski definition) is 4. The summed E-state index contributed by atoms with van der Waals surface area (Å²) >= 11 is 0. The molecule has 1 aromatic heterocycles. The van der Waals surface area contributed by atoms with Crippen molar-refractivity contribution in [2.45, 2.75) is 13.8 Å². The van der Waals surface area contributed by atoms with Crippen molar-refractivity contribution < 1.29 is 9.32 Å². The van der Waals surface area contributed by atoms with Crippen molar-refractivity contribution in [2.75, 3.05) is 13.6 Å². The summed E-state index contributed by atoms with van der Waals surface area (Å²) in [4.78, 5) is 11.4. The van der Waals surface area contributed by atoms with Crippen LogP contribution in [-0.2, 0) is 0 Å². The van der Waals surface area contributed by atoms with E-state index in [-0.39, 0.29) is 5.78 Å². The molecule has 1 heterocycles. The van der Waals surface area contributed by atoms with Crippen molar-refractivity contribution in [3.05, 3.63) is 17.0 Å². The van der Waals surface area contributed by atoms with E-state index in [0.29, 0.717) is 23.6 Å². The Balaban J connectivity index is 2.93. The van der Waals surface area contributed by atoms with E-state index in [2.05, 4.69) is 10.5 Å². The van der Waals surface area contributed by atoms with Crippen LogP contribution in [0.25, 0.3) is 0 Å². The average molecular weight is 168 g/mol. The molecule has 0 radical (unpaired) electrons. The molecular weight excluding hydrogens is 156 g/mol. The van der Waals surface area contributed by atoms with E-state index < -0.39 is 0 Å². The predicted molar refractivity (Wildman–Crippen MR) is 44.2 cm³/mol. The summed E-state index contributed by atoms with van der Waals surface area (Å²) in [7, 11) is 1.73. The maximum Gasteiger partial charge on any atom is 0.182 e. The van der Waals surface area contributed by atoms with E-state index in [1.54, 1.807) is 20.9 Å². The second-order valence-electron chi connectivity index (χ2n) is 2.65. The first-order chi connectivity index (χ1) is 5.66. The fourth-order valence-electron chi connectivity index (χ4n) is 1.13. The zero-order valence-electron chi connectivity index (χ0n) is 7.47. The van der Waals surface area contributed by atoms with E-state index in [9.17, 15) is 4.79 Å². The number of aromatic nitrogens is 1. The third-order valence-electron chi connectivity index (χ3n) is 1.65. The fourth-order valence-corrected chi connectivity index (χ4v) is 1.13. The number of rotatable bonds is 3. The number of nitrogens with one attached hydrogen (secondary N) is 1. The van der Waals surface area contributed by atoms with Gasteiger partial charge in [0.1, 0.15) is 5.76 Å². The lowest BCUT2D eigenvalue weighted by molar-refractivity contribution is 0.0991. The molecule has 0 atom stereocenters. The Bertz CT molecular complexity index is 272. The van der Waals surface area contributed by atoms with Gasteiger partial charge in [0.25, 0.3) is 0 Å². The molecule has 66 valence electrons. The van der Waals surface area contributed by atoms with E-state index >= 15 is 0 Å². The van der Waals surface area contributed by atoms with E-state index in [1.165, 1.54) is 0 Å². The topological polar surface area (TPSA) is 55.1 Å². The summed E-state index contributed by atoms with van der Waals surface area (Å²) in [5.41, 5.74) is 1.26. The Hall–Kier alpha value is -1.16. The molecule has 0 aliphatic carbocycles. The number of nitrogens with zero attached hydrogens (tertiary/aromatic N) is 1. The smallest absolute Gasteiger partial charge is 0.182 e. The predicted octanol–water partition coefficient (Wildman–Crippen LogP) is 0.694. The summed E-state index contributed by atoms with van der Waals surface area (Å²) in [5, 5.41) is 6.49. The van der Waals surface area contributed by atoms with Crippen molar-refractivity contribution in [1.82, 2.24) is 10.5 Å². The Labute approximate surface area is 70.9 Å². The highest BCUT2D eigenvalue weighted by Crippen LogP contribution is 2.11. The monoisotopic (exact) mass is 168 g/mol. The number of likely N-dealkylation sites (N-methyl/N-ethyl adjacent to an activating group) is 1. The molecule has 0 amide bonds. The lowest BCUT2D eigenvalue weighted by Gasteiger charge is -1.96. The molecule has 4 heteroatoms. The van der Waals surface area contributed by atoms with Gasteiger partial charge in [0.2, 0.25) is 0 Å². The first-order valence-corrected chi connectivity index (χ1v) is 3.77. The standard InChI is InChI=1S/C8H12N2O2/c1-5-8(6(2)12-10-5)7(11)4-9-3/h9H,4H2,1-3H3. The third kappa shape index (κ3) is 1.53.